The maximum atomic E-state index is 11.9. The maximum absolute atomic E-state index is 11.9. The molecule has 3 rings (SSSR count). The summed E-state index contributed by atoms with van der Waals surface area (Å²) in [5.41, 5.74) is 3.44. The molecule has 0 radical (unpaired) electrons. The van der Waals surface area contributed by atoms with Gasteiger partial charge in [-0.2, -0.15) is 0 Å². The van der Waals surface area contributed by atoms with E-state index in [0.717, 1.165) is 38.2 Å². The number of carbonyl (C=O) groups excluding carboxylic acids is 1. The lowest BCUT2D eigenvalue weighted by atomic mass is 10.0. The molecule has 2 heterocycles. The summed E-state index contributed by atoms with van der Waals surface area (Å²) in [6.07, 6.45) is 3.87. The van der Waals surface area contributed by atoms with Gasteiger partial charge >= 0.3 is 0 Å². The molecule has 1 fully saturated rings. The van der Waals surface area contributed by atoms with E-state index < -0.39 is 0 Å². The Balaban J connectivity index is 1.51. The highest BCUT2D eigenvalue weighted by molar-refractivity contribution is 5.91. The highest BCUT2D eigenvalue weighted by Gasteiger charge is 2.16. The van der Waals surface area contributed by atoms with E-state index in [4.69, 9.17) is 0 Å². The maximum Gasteiger partial charge on any atom is 0.224 e. The third-order valence-electron chi connectivity index (χ3n) is 4.04. The lowest BCUT2D eigenvalue weighted by Crippen LogP contribution is -2.15. The van der Waals surface area contributed by atoms with Crippen LogP contribution in [0.5, 0.6) is 0 Å². The molecule has 1 aromatic carbocycles. The van der Waals surface area contributed by atoms with Crippen molar-refractivity contribution in [2.75, 3.05) is 30.3 Å². The van der Waals surface area contributed by atoms with Crippen molar-refractivity contribution < 1.29 is 4.79 Å². The molecule has 2 aliphatic heterocycles. The SMILES string of the molecule is O=C(CCC1CCNC1)Nc1ccc2c(c1)CCN2. The third kappa shape index (κ3) is 3.07. The molecule has 3 N–H and O–H groups in total. The molecule has 0 aromatic heterocycles. The van der Waals surface area contributed by atoms with Crippen LogP contribution in [0.3, 0.4) is 0 Å². The van der Waals surface area contributed by atoms with Gasteiger partial charge in [-0.25, -0.2) is 0 Å². The predicted molar refractivity (Wildman–Crippen MR) is 77.5 cm³/mol. The molecule has 2 aliphatic rings. The van der Waals surface area contributed by atoms with Gasteiger partial charge in [0.15, 0.2) is 0 Å². The van der Waals surface area contributed by atoms with Crippen LogP contribution in [0.4, 0.5) is 11.4 Å². The number of rotatable bonds is 4. The number of hydrogen-bond donors (Lipinski definition) is 3. The van der Waals surface area contributed by atoms with E-state index in [1.807, 2.05) is 6.07 Å². The van der Waals surface area contributed by atoms with E-state index in [9.17, 15) is 4.79 Å². The Labute approximate surface area is 114 Å². The fourth-order valence-electron chi connectivity index (χ4n) is 2.90. The lowest BCUT2D eigenvalue weighted by Gasteiger charge is -2.09. The molecule has 1 unspecified atom stereocenters. The standard InChI is InChI=1S/C15H21N3O/c19-15(4-1-11-5-7-16-10-11)18-13-2-3-14-12(9-13)6-8-17-14/h2-3,9,11,16-17H,1,4-8,10H2,(H,18,19). The van der Waals surface area contributed by atoms with Gasteiger partial charge < -0.3 is 16.0 Å². The van der Waals surface area contributed by atoms with Gasteiger partial charge in [0.05, 0.1) is 0 Å². The molecule has 4 nitrogen and oxygen atoms in total. The summed E-state index contributed by atoms with van der Waals surface area (Å²) in [6, 6.07) is 6.12. The van der Waals surface area contributed by atoms with Crippen molar-refractivity contribution in [3.8, 4) is 0 Å². The molecule has 1 amide bonds. The zero-order valence-corrected chi connectivity index (χ0v) is 11.2. The molecule has 0 saturated carbocycles. The van der Waals surface area contributed by atoms with E-state index in [1.54, 1.807) is 0 Å². The highest BCUT2D eigenvalue weighted by atomic mass is 16.1. The Morgan fingerprint density at radius 3 is 3.16 bits per heavy atom. The van der Waals surface area contributed by atoms with Crippen LogP contribution in [0, 0.1) is 5.92 Å². The van der Waals surface area contributed by atoms with E-state index in [1.165, 1.54) is 17.7 Å². The molecular formula is C15H21N3O. The smallest absolute Gasteiger partial charge is 0.224 e. The molecule has 102 valence electrons. The molecular weight excluding hydrogens is 238 g/mol. The van der Waals surface area contributed by atoms with Crippen LogP contribution in [0.2, 0.25) is 0 Å². The van der Waals surface area contributed by atoms with Crippen LogP contribution < -0.4 is 16.0 Å². The number of amides is 1. The van der Waals surface area contributed by atoms with E-state index in [-0.39, 0.29) is 5.91 Å². The zero-order valence-electron chi connectivity index (χ0n) is 11.2. The monoisotopic (exact) mass is 259 g/mol. The van der Waals surface area contributed by atoms with Crippen molar-refractivity contribution in [2.45, 2.75) is 25.7 Å². The van der Waals surface area contributed by atoms with Crippen LogP contribution in [0.15, 0.2) is 18.2 Å². The first-order valence-corrected chi connectivity index (χ1v) is 7.18. The Hall–Kier alpha value is -1.55. The van der Waals surface area contributed by atoms with Crippen molar-refractivity contribution in [3.05, 3.63) is 23.8 Å². The van der Waals surface area contributed by atoms with Crippen LogP contribution in [0.1, 0.15) is 24.8 Å². The summed E-state index contributed by atoms with van der Waals surface area (Å²) in [5.74, 6) is 0.813. The number of hydrogen-bond acceptors (Lipinski definition) is 3. The van der Waals surface area contributed by atoms with Gasteiger partial charge in [-0.3, -0.25) is 4.79 Å². The second-order valence-electron chi connectivity index (χ2n) is 5.49. The van der Waals surface area contributed by atoms with Crippen molar-refractivity contribution in [2.24, 2.45) is 5.92 Å². The quantitative estimate of drug-likeness (QED) is 0.775. The zero-order chi connectivity index (χ0) is 13.1. The molecule has 4 heteroatoms. The van der Waals surface area contributed by atoms with Crippen LogP contribution in [-0.4, -0.2) is 25.5 Å². The summed E-state index contributed by atoms with van der Waals surface area (Å²) < 4.78 is 0. The number of fused-ring (bicyclic) bond motifs is 1. The minimum absolute atomic E-state index is 0.137. The minimum Gasteiger partial charge on any atom is -0.384 e. The number of carbonyl (C=O) groups is 1. The van der Waals surface area contributed by atoms with Gasteiger partial charge in [0.25, 0.3) is 0 Å². The van der Waals surface area contributed by atoms with Crippen molar-refractivity contribution >= 4 is 17.3 Å². The number of anilines is 2. The van der Waals surface area contributed by atoms with Crippen LogP contribution >= 0.6 is 0 Å². The lowest BCUT2D eigenvalue weighted by molar-refractivity contribution is -0.116. The summed E-state index contributed by atoms with van der Waals surface area (Å²) in [7, 11) is 0. The van der Waals surface area contributed by atoms with Crippen molar-refractivity contribution in [1.29, 1.82) is 0 Å². The summed E-state index contributed by atoms with van der Waals surface area (Å²) >= 11 is 0. The summed E-state index contributed by atoms with van der Waals surface area (Å²) in [5, 5.41) is 9.67. The molecule has 19 heavy (non-hydrogen) atoms. The predicted octanol–water partition coefficient (Wildman–Crippen LogP) is 1.98. The van der Waals surface area contributed by atoms with E-state index >= 15 is 0 Å². The molecule has 0 spiro atoms. The van der Waals surface area contributed by atoms with Gasteiger partial charge in [-0.15, -0.1) is 0 Å². The van der Waals surface area contributed by atoms with Gasteiger partial charge in [0.2, 0.25) is 5.91 Å². The minimum atomic E-state index is 0.137. The van der Waals surface area contributed by atoms with Crippen molar-refractivity contribution in [1.82, 2.24) is 5.32 Å². The Morgan fingerprint density at radius 1 is 1.37 bits per heavy atom. The second-order valence-corrected chi connectivity index (χ2v) is 5.49. The highest BCUT2D eigenvalue weighted by Crippen LogP contribution is 2.25. The Bertz CT molecular complexity index is 466. The first-order valence-electron chi connectivity index (χ1n) is 7.18. The average Bonchev–Trinajstić information content (AvgIpc) is 3.07. The largest absolute Gasteiger partial charge is 0.384 e. The van der Waals surface area contributed by atoms with E-state index in [0.29, 0.717) is 12.3 Å². The summed E-state index contributed by atoms with van der Waals surface area (Å²) in [4.78, 5) is 11.9. The van der Waals surface area contributed by atoms with Gasteiger partial charge in [-0.05, 0) is 62.0 Å². The third-order valence-corrected chi connectivity index (χ3v) is 4.04. The fraction of sp³-hybridized carbons (Fsp3) is 0.533. The Morgan fingerprint density at radius 2 is 2.32 bits per heavy atom. The van der Waals surface area contributed by atoms with Gasteiger partial charge in [-0.1, -0.05) is 0 Å². The summed E-state index contributed by atoms with van der Waals surface area (Å²) in [6.45, 7) is 3.17. The molecule has 1 atom stereocenters. The van der Waals surface area contributed by atoms with Gasteiger partial charge in [0.1, 0.15) is 0 Å². The second kappa shape index (κ2) is 5.61. The van der Waals surface area contributed by atoms with Crippen LogP contribution in [0.25, 0.3) is 0 Å². The average molecular weight is 259 g/mol. The Kier molecular flexibility index (Phi) is 3.69. The van der Waals surface area contributed by atoms with Crippen molar-refractivity contribution in [3.63, 3.8) is 0 Å². The molecule has 1 aromatic rings. The molecule has 0 bridgehead atoms. The first-order chi connectivity index (χ1) is 9.31. The molecule has 0 aliphatic carbocycles. The van der Waals surface area contributed by atoms with Crippen LogP contribution in [-0.2, 0) is 11.2 Å². The van der Waals surface area contributed by atoms with Gasteiger partial charge in [0, 0.05) is 24.3 Å². The van der Waals surface area contributed by atoms with E-state index in [2.05, 4.69) is 28.1 Å². The number of benzene rings is 1. The first kappa shape index (κ1) is 12.5. The number of nitrogens with one attached hydrogen (secondary N) is 3. The topological polar surface area (TPSA) is 53.2 Å². The molecule has 1 saturated heterocycles. The normalized spacial score (nSPS) is 20.9. The fourth-order valence-corrected chi connectivity index (χ4v) is 2.90.